The molecule has 2 saturated carbocycles. The number of nitrogens with one attached hydrogen (secondary N) is 3. The maximum atomic E-state index is 13.7. The Morgan fingerprint density at radius 1 is 1.00 bits per heavy atom. The van der Waals surface area contributed by atoms with Crippen LogP contribution in [0.3, 0.4) is 0 Å². The van der Waals surface area contributed by atoms with Crippen molar-refractivity contribution in [2.24, 2.45) is 5.41 Å². The lowest BCUT2D eigenvalue weighted by Gasteiger charge is -2.35. The average molecular weight is 741 g/mol. The van der Waals surface area contributed by atoms with E-state index in [1.165, 1.54) is 17.0 Å². The summed E-state index contributed by atoms with van der Waals surface area (Å²) in [5.41, 5.74) is 2.79. The van der Waals surface area contributed by atoms with E-state index in [1.54, 1.807) is 9.62 Å². The zero-order valence-corrected chi connectivity index (χ0v) is 31.5. The van der Waals surface area contributed by atoms with Crippen LogP contribution in [0, 0.1) is 31.1 Å². The molecule has 1 aromatic carbocycles. The van der Waals surface area contributed by atoms with Gasteiger partial charge in [-0.1, -0.05) is 32.9 Å². The largest absolute Gasteiger partial charge is 0.378 e. The highest BCUT2D eigenvalue weighted by Crippen LogP contribution is 2.32. The van der Waals surface area contributed by atoms with Gasteiger partial charge in [0.2, 0.25) is 28.2 Å². The fourth-order valence-electron chi connectivity index (χ4n) is 5.44. The molecule has 3 amide bonds. The SMILES string of the molecule is C#C.C#C.C=C.CC(C)(C)[C@H](Nc1nc(-c2ccc(N3CCOCC3)cc2)cs1)C(=O)N1CCC[C@H]1C(=O)NC1CC1.O=CNS(=O)(=O)C1CC1. The third-order valence-corrected chi connectivity index (χ3v) is 10.9. The number of sulfonamides is 1. The molecule has 2 aromatic rings. The Hall–Kier alpha value is -4.37. The number of morpholine rings is 1. The van der Waals surface area contributed by atoms with Crippen LogP contribution in [0.2, 0.25) is 0 Å². The number of thiazole rings is 1. The summed E-state index contributed by atoms with van der Waals surface area (Å²) >= 11 is 1.51. The van der Waals surface area contributed by atoms with Crippen molar-refractivity contribution in [1.82, 2.24) is 19.9 Å². The molecule has 14 heteroatoms. The van der Waals surface area contributed by atoms with Crippen LogP contribution in [-0.4, -0.2) is 92.7 Å². The number of amides is 3. The van der Waals surface area contributed by atoms with Crippen molar-refractivity contribution in [3.8, 4) is 37.0 Å². The molecule has 0 unspecified atom stereocenters. The van der Waals surface area contributed by atoms with Crippen molar-refractivity contribution in [2.75, 3.05) is 43.1 Å². The highest BCUT2D eigenvalue weighted by molar-refractivity contribution is 7.90. The monoisotopic (exact) mass is 740 g/mol. The fourth-order valence-corrected chi connectivity index (χ4v) is 7.28. The zero-order chi connectivity index (χ0) is 38.2. The lowest BCUT2D eigenvalue weighted by molar-refractivity contribution is -0.140. The number of aromatic nitrogens is 1. The summed E-state index contributed by atoms with van der Waals surface area (Å²) in [4.78, 5) is 45.1. The van der Waals surface area contributed by atoms with Gasteiger partial charge in [-0.15, -0.1) is 50.2 Å². The molecule has 12 nitrogen and oxygen atoms in total. The van der Waals surface area contributed by atoms with Crippen molar-refractivity contribution >= 4 is 50.4 Å². The Labute approximate surface area is 307 Å². The highest BCUT2D eigenvalue weighted by atomic mass is 32.2. The number of rotatable bonds is 10. The maximum Gasteiger partial charge on any atom is 0.246 e. The lowest BCUT2D eigenvalue weighted by Crippen LogP contribution is -2.54. The van der Waals surface area contributed by atoms with Crippen LogP contribution in [0.1, 0.15) is 59.3 Å². The summed E-state index contributed by atoms with van der Waals surface area (Å²) in [6.07, 6.45) is 21.2. The second-order valence-corrected chi connectivity index (χ2v) is 15.9. The molecule has 1 aromatic heterocycles. The predicted octanol–water partition coefficient (Wildman–Crippen LogP) is 4.27. The Bertz CT molecular complexity index is 1550. The van der Waals surface area contributed by atoms with Gasteiger partial charge in [0.1, 0.15) is 12.1 Å². The van der Waals surface area contributed by atoms with E-state index in [1.807, 2.05) is 5.38 Å². The Morgan fingerprint density at radius 3 is 2.14 bits per heavy atom. The van der Waals surface area contributed by atoms with E-state index in [2.05, 4.69) is 99.4 Å². The number of ether oxygens (including phenoxy) is 1. The van der Waals surface area contributed by atoms with Gasteiger partial charge in [-0.05, 0) is 56.1 Å². The van der Waals surface area contributed by atoms with E-state index in [4.69, 9.17) is 9.72 Å². The van der Waals surface area contributed by atoms with Crippen LogP contribution in [0.5, 0.6) is 0 Å². The predicted molar refractivity (Wildman–Crippen MR) is 206 cm³/mol. The molecule has 0 spiro atoms. The van der Waals surface area contributed by atoms with Crippen molar-refractivity contribution in [1.29, 1.82) is 0 Å². The van der Waals surface area contributed by atoms with Gasteiger partial charge in [-0.3, -0.25) is 19.1 Å². The summed E-state index contributed by atoms with van der Waals surface area (Å²) in [5.74, 6) is -0.0318. The van der Waals surface area contributed by atoms with E-state index < -0.39 is 16.1 Å². The normalized spacial score (nSPS) is 18.6. The van der Waals surface area contributed by atoms with Crippen LogP contribution in [0.15, 0.2) is 42.8 Å². The molecule has 0 radical (unpaired) electrons. The van der Waals surface area contributed by atoms with Gasteiger partial charge in [0, 0.05) is 42.3 Å². The number of carbonyl (C=O) groups excluding carboxylic acids is 3. The molecule has 3 N–H and O–H groups in total. The third kappa shape index (κ3) is 12.7. The van der Waals surface area contributed by atoms with E-state index >= 15 is 0 Å². The molecule has 0 bridgehead atoms. The quantitative estimate of drug-likeness (QED) is 0.185. The van der Waals surface area contributed by atoms with E-state index in [0.717, 1.165) is 63.2 Å². The molecular weight excluding hydrogens is 689 g/mol. The first-order valence-corrected chi connectivity index (χ1v) is 19.3. The Balaban J connectivity index is 0.000000510. The van der Waals surface area contributed by atoms with Crippen molar-refractivity contribution in [2.45, 2.75) is 82.7 Å². The van der Waals surface area contributed by atoms with Gasteiger partial charge in [0.15, 0.2) is 5.13 Å². The summed E-state index contributed by atoms with van der Waals surface area (Å²) in [5, 5.41) is 8.94. The maximum absolute atomic E-state index is 13.7. The third-order valence-electron chi connectivity index (χ3n) is 8.36. The van der Waals surface area contributed by atoms with Crippen LogP contribution in [-0.2, 0) is 29.1 Å². The van der Waals surface area contributed by atoms with Crippen molar-refractivity contribution in [3.63, 3.8) is 0 Å². The van der Waals surface area contributed by atoms with E-state index in [0.29, 0.717) is 30.6 Å². The number of likely N-dealkylation sites (tertiary alicyclic amines) is 1. The van der Waals surface area contributed by atoms with Crippen LogP contribution in [0.25, 0.3) is 11.3 Å². The zero-order valence-electron chi connectivity index (χ0n) is 29.9. The second kappa shape index (κ2) is 20.5. The van der Waals surface area contributed by atoms with E-state index in [-0.39, 0.29) is 34.9 Å². The standard InChI is InChI=1S/C27H37N5O3S.C4H7NO3S.C2H4.2C2H2/c1-27(2,3)23(25(34)32-12-4-5-22(32)24(33)28-19-8-9-19)30-26-29-21(17-36-26)18-6-10-20(11-7-18)31-13-15-35-16-14-31;6-3-5-9(7,8)4-1-2-4;3*1-2/h6-7,10-11,17,19,22-23H,4-5,8-9,12-16H2,1-3H3,(H,28,33)(H,29,30);3-4H,1-2H2,(H,5,6);1-2H2;2*1-2H/t22-,23+;;;;/m0..../s1. The molecule has 2 aliphatic heterocycles. The highest BCUT2D eigenvalue weighted by Gasteiger charge is 2.42. The van der Waals surface area contributed by atoms with Crippen molar-refractivity contribution < 1.29 is 27.5 Å². The number of terminal acetylenes is 2. The number of benzene rings is 1. The number of nitrogens with zero attached hydrogens (tertiary/aromatic N) is 3. The topological polar surface area (TPSA) is 150 Å². The summed E-state index contributed by atoms with van der Waals surface area (Å²) in [7, 11) is -3.26. The van der Waals surface area contributed by atoms with E-state index in [9.17, 15) is 22.8 Å². The van der Waals surface area contributed by atoms with Gasteiger partial charge in [-0.25, -0.2) is 13.4 Å². The minimum atomic E-state index is -3.26. The first-order valence-electron chi connectivity index (χ1n) is 16.8. The minimum Gasteiger partial charge on any atom is -0.378 e. The molecule has 51 heavy (non-hydrogen) atoms. The Kier molecular flexibility index (Phi) is 17.2. The van der Waals surface area contributed by atoms with Crippen molar-refractivity contribution in [3.05, 3.63) is 42.8 Å². The smallest absolute Gasteiger partial charge is 0.246 e. The van der Waals surface area contributed by atoms with Gasteiger partial charge in [-0.2, -0.15) is 0 Å². The summed E-state index contributed by atoms with van der Waals surface area (Å²) in [6.45, 7) is 16.1. The Morgan fingerprint density at radius 2 is 1.61 bits per heavy atom. The van der Waals surface area contributed by atoms with Gasteiger partial charge >= 0.3 is 0 Å². The van der Waals surface area contributed by atoms with Gasteiger partial charge < -0.3 is 25.2 Å². The minimum absolute atomic E-state index is 0.00642. The number of hydrogen-bond donors (Lipinski definition) is 3. The molecule has 2 aliphatic carbocycles. The molecule has 3 heterocycles. The molecule has 6 rings (SSSR count). The number of carbonyl (C=O) groups is 3. The molecular formula is C37H52N6O6S2. The molecule has 4 fully saturated rings. The van der Waals surface area contributed by atoms with Crippen LogP contribution < -0.4 is 20.3 Å². The summed E-state index contributed by atoms with van der Waals surface area (Å²) in [6, 6.07) is 7.91. The van der Waals surface area contributed by atoms with Gasteiger partial charge in [0.25, 0.3) is 0 Å². The first kappa shape index (κ1) is 42.8. The number of anilines is 2. The van der Waals surface area contributed by atoms with Crippen LogP contribution in [0.4, 0.5) is 10.8 Å². The first-order chi connectivity index (χ1) is 24.5. The molecule has 2 saturated heterocycles. The summed E-state index contributed by atoms with van der Waals surface area (Å²) < 4.78 is 28.5. The molecule has 278 valence electrons. The molecule has 4 aliphatic rings. The van der Waals surface area contributed by atoms with Gasteiger partial charge in [0.05, 0.1) is 24.2 Å². The fraction of sp³-hybridized carbons (Fsp3) is 0.514. The number of hydrogen-bond acceptors (Lipinski definition) is 10. The average Bonchev–Trinajstić information content (AvgIpc) is 4.07. The van der Waals surface area contributed by atoms with Crippen LogP contribution >= 0.6 is 11.3 Å². The molecule has 2 atom stereocenters. The lowest BCUT2D eigenvalue weighted by atomic mass is 9.85. The second-order valence-electron chi connectivity index (χ2n) is 13.1.